The number of hydrogen-bond donors (Lipinski definition) is 2. The van der Waals surface area contributed by atoms with Crippen molar-refractivity contribution >= 4 is 71.1 Å². The number of benzene rings is 2. The Morgan fingerprint density at radius 1 is 1.12 bits per heavy atom. The van der Waals surface area contributed by atoms with Crippen LogP contribution in [0.15, 0.2) is 41.3 Å². The Hall–Kier alpha value is -2.63. The molecule has 8 nitrogen and oxygen atoms in total. The van der Waals surface area contributed by atoms with Crippen LogP contribution >= 0.6 is 23.1 Å². The number of carbonyl (C=O) groups is 1. The van der Waals surface area contributed by atoms with Crippen molar-refractivity contribution < 1.29 is 13.2 Å². The van der Waals surface area contributed by atoms with E-state index in [1.54, 1.807) is 30.3 Å². The van der Waals surface area contributed by atoms with E-state index >= 15 is 0 Å². The van der Waals surface area contributed by atoms with Gasteiger partial charge in [-0.15, -0.1) is 0 Å². The van der Waals surface area contributed by atoms with Crippen molar-refractivity contribution in [3.8, 4) is 0 Å². The normalized spacial score (nSPS) is 11.7. The molecule has 0 fully saturated rings. The van der Waals surface area contributed by atoms with Gasteiger partial charge in [0.1, 0.15) is 15.9 Å². The summed E-state index contributed by atoms with van der Waals surface area (Å²) < 4.78 is 37.0. The van der Waals surface area contributed by atoms with E-state index in [2.05, 4.69) is 23.8 Å². The molecule has 0 aliphatic heterocycles. The third-order valence-electron chi connectivity index (χ3n) is 3.46. The summed E-state index contributed by atoms with van der Waals surface area (Å²) in [4.78, 5) is 15.5. The molecule has 0 aliphatic carbocycles. The molecular formula is C15H11N5O3S3. The summed E-state index contributed by atoms with van der Waals surface area (Å²) in [6.07, 6.45) is 0. The highest BCUT2D eigenvalue weighted by Gasteiger charge is 2.20. The number of sulfonamides is 1. The third-order valence-corrected chi connectivity index (χ3v) is 6.35. The zero-order chi connectivity index (χ0) is 18.3. The van der Waals surface area contributed by atoms with E-state index in [1.807, 2.05) is 0 Å². The minimum atomic E-state index is -3.82. The molecule has 0 bridgehead atoms. The molecule has 2 aromatic heterocycles. The number of anilines is 2. The molecule has 0 saturated heterocycles. The maximum absolute atomic E-state index is 12.8. The summed E-state index contributed by atoms with van der Waals surface area (Å²) in [5.41, 5.74) is 1.95. The summed E-state index contributed by atoms with van der Waals surface area (Å²) in [5.74, 6) is -0.213. The zero-order valence-corrected chi connectivity index (χ0v) is 15.7. The number of amides is 1. The Bertz CT molecular complexity index is 1250. The van der Waals surface area contributed by atoms with Crippen LogP contribution in [-0.2, 0) is 14.8 Å². The van der Waals surface area contributed by atoms with Crippen molar-refractivity contribution in [2.75, 3.05) is 10.0 Å². The highest BCUT2D eigenvalue weighted by Crippen LogP contribution is 2.30. The van der Waals surface area contributed by atoms with Crippen molar-refractivity contribution in [1.29, 1.82) is 0 Å². The van der Waals surface area contributed by atoms with Gasteiger partial charge in [0.2, 0.25) is 5.91 Å². The molecule has 0 radical (unpaired) electrons. The predicted molar refractivity (Wildman–Crippen MR) is 102 cm³/mol. The first kappa shape index (κ1) is 16.8. The van der Waals surface area contributed by atoms with Gasteiger partial charge in [0.15, 0.2) is 5.13 Å². The van der Waals surface area contributed by atoms with Gasteiger partial charge in [-0.2, -0.15) is 8.75 Å². The second-order valence-corrected chi connectivity index (χ2v) is 8.59. The number of rotatable bonds is 4. The van der Waals surface area contributed by atoms with E-state index in [-0.39, 0.29) is 10.8 Å². The Morgan fingerprint density at radius 2 is 1.96 bits per heavy atom. The monoisotopic (exact) mass is 405 g/mol. The van der Waals surface area contributed by atoms with E-state index < -0.39 is 10.0 Å². The van der Waals surface area contributed by atoms with Gasteiger partial charge in [0.25, 0.3) is 10.0 Å². The van der Waals surface area contributed by atoms with Gasteiger partial charge in [-0.05, 0) is 30.3 Å². The number of aromatic nitrogens is 3. The second kappa shape index (κ2) is 6.27. The number of thiazole rings is 1. The molecule has 0 atom stereocenters. The van der Waals surface area contributed by atoms with Crippen LogP contribution in [0.4, 0.5) is 10.8 Å². The molecule has 4 aromatic rings. The predicted octanol–water partition coefficient (Wildman–Crippen LogP) is 3.06. The standard InChI is InChI=1S/C15H11N5O3S3/c1-8(21)16-15-17-10-6-5-9(7-12(10)24-15)20-26(22,23)13-4-2-3-11-14(13)19-25-18-11/h2-7,20H,1H3,(H,16,17,21). The first-order valence-corrected chi connectivity index (χ1v) is 10.4. The molecule has 0 aliphatic rings. The number of fused-ring (bicyclic) bond motifs is 2. The van der Waals surface area contributed by atoms with Gasteiger partial charge < -0.3 is 5.32 Å². The third kappa shape index (κ3) is 3.11. The summed E-state index contributed by atoms with van der Waals surface area (Å²) in [6, 6.07) is 9.83. The molecule has 0 unspecified atom stereocenters. The summed E-state index contributed by atoms with van der Waals surface area (Å²) >= 11 is 2.23. The summed E-state index contributed by atoms with van der Waals surface area (Å²) in [5, 5.41) is 3.08. The van der Waals surface area contributed by atoms with E-state index in [0.717, 1.165) is 16.4 Å². The van der Waals surface area contributed by atoms with Gasteiger partial charge in [0, 0.05) is 6.92 Å². The maximum atomic E-state index is 12.8. The lowest BCUT2D eigenvalue weighted by Crippen LogP contribution is -2.13. The molecule has 2 N–H and O–H groups in total. The maximum Gasteiger partial charge on any atom is 0.264 e. The lowest BCUT2D eigenvalue weighted by molar-refractivity contribution is -0.114. The van der Waals surface area contributed by atoms with E-state index in [4.69, 9.17) is 0 Å². The molecule has 0 saturated carbocycles. The van der Waals surface area contributed by atoms with Crippen LogP contribution in [0.2, 0.25) is 0 Å². The first-order valence-electron chi connectivity index (χ1n) is 7.35. The van der Waals surface area contributed by atoms with E-state index in [0.29, 0.717) is 27.4 Å². The molecule has 2 heterocycles. The van der Waals surface area contributed by atoms with Crippen LogP contribution < -0.4 is 10.0 Å². The highest BCUT2D eigenvalue weighted by atomic mass is 32.2. The first-order chi connectivity index (χ1) is 12.4. The minimum Gasteiger partial charge on any atom is -0.302 e. The number of carbonyl (C=O) groups excluding carboxylic acids is 1. The van der Waals surface area contributed by atoms with Crippen LogP contribution in [0, 0.1) is 0 Å². The average Bonchev–Trinajstić information content (AvgIpc) is 3.18. The molecule has 132 valence electrons. The fourth-order valence-corrected chi connectivity index (χ4v) is 5.17. The Labute approximate surface area is 156 Å². The van der Waals surface area contributed by atoms with Crippen LogP contribution in [0.1, 0.15) is 6.92 Å². The second-order valence-electron chi connectivity index (χ2n) is 5.38. The lowest BCUT2D eigenvalue weighted by atomic mass is 10.3. The molecule has 11 heteroatoms. The van der Waals surface area contributed by atoms with Crippen LogP contribution in [0.3, 0.4) is 0 Å². The smallest absolute Gasteiger partial charge is 0.264 e. The molecule has 0 spiro atoms. The van der Waals surface area contributed by atoms with Crippen LogP contribution in [0.5, 0.6) is 0 Å². The lowest BCUT2D eigenvalue weighted by Gasteiger charge is -2.08. The van der Waals surface area contributed by atoms with Crippen molar-refractivity contribution in [3.63, 3.8) is 0 Å². The van der Waals surface area contributed by atoms with E-state index in [9.17, 15) is 13.2 Å². The number of nitrogens with one attached hydrogen (secondary N) is 2. The number of hydrogen-bond acceptors (Lipinski definition) is 8. The Balaban J connectivity index is 1.69. The quantitative estimate of drug-likeness (QED) is 0.539. The van der Waals surface area contributed by atoms with Gasteiger partial charge >= 0.3 is 0 Å². The van der Waals surface area contributed by atoms with Crippen molar-refractivity contribution in [3.05, 3.63) is 36.4 Å². The largest absolute Gasteiger partial charge is 0.302 e. The summed E-state index contributed by atoms with van der Waals surface area (Å²) in [7, 11) is -3.82. The summed E-state index contributed by atoms with van der Waals surface area (Å²) in [6.45, 7) is 1.40. The zero-order valence-electron chi connectivity index (χ0n) is 13.3. The Morgan fingerprint density at radius 3 is 2.77 bits per heavy atom. The average molecular weight is 405 g/mol. The van der Waals surface area contributed by atoms with Gasteiger partial charge in [0.05, 0.1) is 27.6 Å². The molecule has 1 amide bonds. The van der Waals surface area contributed by atoms with Gasteiger partial charge in [-0.1, -0.05) is 17.4 Å². The van der Waals surface area contributed by atoms with E-state index in [1.165, 1.54) is 24.3 Å². The minimum absolute atomic E-state index is 0.0760. The van der Waals surface area contributed by atoms with Crippen LogP contribution in [0.25, 0.3) is 21.3 Å². The molecule has 2 aromatic carbocycles. The Kier molecular flexibility index (Phi) is 4.05. The fourth-order valence-electron chi connectivity index (χ4n) is 2.40. The van der Waals surface area contributed by atoms with Gasteiger partial charge in [-0.3, -0.25) is 9.52 Å². The molecule has 4 rings (SSSR count). The van der Waals surface area contributed by atoms with Crippen molar-refractivity contribution in [1.82, 2.24) is 13.7 Å². The number of nitrogens with zero attached hydrogens (tertiary/aromatic N) is 3. The molecule has 26 heavy (non-hydrogen) atoms. The van der Waals surface area contributed by atoms with Gasteiger partial charge in [-0.25, -0.2) is 13.4 Å². The van der Waals surface area contributed by atoms with Crippen LogP contribution in [-0.4, -0.2) is 28.1 Å². The molecular weight excluding hydrogens is 394 g/mol. The van der Waals surface area contributed by atoms with Crippen molar-refractivity contribution in [2.45, 2.75) is 11.8 Å². The SMILES string of the molecule is CC(=O)Nc1nc2ccc(NS(=O)(=O)c3cccc4nsnc34)cc2s1. The van der Waals surface area contributed by atoms with Crippen molar-refractivity contribution in [2.24, 2.45) is 0 Å². The highest BCUT2D eigenvalue weighted by molar-refractivity contribution is 7.93. The topological polar surface area (TPSA) is 114 Å². The fraction of sp³-hybridized carbons (Fsp3) is 0.0667.